The van der Waals surface area contributed by atoms with Gasteiger partial charge >= 0.3 is 5.97 Å². The van der Waals surface area contributed by atoms with Crippen molar-refractivity contribution in [1.82, 2.24) is 0 Å². The highest BCUT2D eigenvalue weighted by atomic mass is 35.5. The van der Waals surface area contributed by atoms with Gasteiger partial charge in [0.1, 0.15) is 4.87 Å². The fraction of sp³-hybridized carbons (Fsp3) is 0.909. The van der Waals surface area contributed by atoms with Crippen LogP contribution in [0.25, 0.3) is 0 Å². The number of carboxylic acids is 1. The Hall–Kier alpha value is 0.0700. The van der Waals surface area contributed by atoms with Crippen molar-refractivity contribution in [2.45, 2.75) is 61.6 Å². The molecule has 1 aliphatic heterocycles. The van der Waals surface area contributed by atoms with Crippen molar-refractivity contribution in [3.63, 3.8) is 0 Å². The predicted molar refractivity (Wildman–Crippen MR) is 60.8 cm³/mol. The molecule has 3 N–H and O–H groups in total. The topological polar surface area (TPSA) is 53.9 Å². The molecule has 94 valence electrons. The van der Waals surface area contributed by atoms with Crippen LogP contribution in [0.15, 0.2) is 0 Å². The maximum Gasteiger partial charge on any atom is 0.363 e. The van der Waals surface area contributed by atoms with Gasteiger partial charge in [0.25, 0.3) is 0 Å². The van der Waals surface area contributed by atoms with E-state index in [-0.39, 0.29) is 28.1 Å². The van der Waals surface area contributed by atoms with Crippen molar-refractivity contribution >= 4 is 17.7 Å². The summed E-state index contributed by atoms with van der Waals surface area (Å²) < 4.78 is -0.136. The molecule has 1 atom stereocenters. The van der Waals surface area contributed by atoms with E-state index >= 15 is 0 Å². The van der Waals surface area contributed by atoms with E-state index in [0.717, 1.165) is 0 Å². The third-order valence-electron chi connectivity index (χ3n) is 3.65. The molecule has 0 aromatic carbocycles. The number of carbonyl (C=O) groups is 1. The van der Waals surface area contributed by atoms with Crippen LogP contribution < -0.4 is 17.7 Å². The number of rotatable bonds is 1. The quantitative estimate of drug-likeness (QED) is 0.588. The normalized spacial score (nSPS) is 31.0. The molecule has 0 bridgehead atoms. The highest BCUT2D eigenvalue weighted by Crippen LogP contribution is 2.46. The van der Waals surface area contributed by atoms with Crippen molar-refractivity contribution in [3.05, 3.63) is 0 Å². The molecule has 0 radical (unpaired) electrons. The number of nitrogens with two attached hydrogens (primary N) is 1. The monoisotopic (exact) mass is 265 g/mol. The van der Waals surface area contributed by atoms with Gasteiger partial charge in [-0.25, -0.2) is 4.79 Å². The Bertz CT molecular complexity index is 277. The number of hydrogen-bond acceptors (Lipinski definition) is 2. The van der Waals surface area contributed by atoms with Crippen LogP contribution in [0.4, 0.5) is 0 Å². The average Bonchev–Trinajstić information content (AvgIpc) is 2.39. The molecule has 1 heterocycles. The van der Waals surface area contributed by atoms with E-state index in [1.165, 1.54) is 32.1 Å². The minimum Gasteiger partial charge on any atom is -1.00 e. The molecule has 5 heteroatoms. The Morgan fingerprint density at radius 2 is 1.88 bits per heavy atom. The first-order chi connectivity index (χ1) is 6.95. The summed E-state index contributed by atoms with van der Waals surface area (Å²) in [6, 6.07) is -0.277. The lowest BCUT2D eigenvalue weighted by molar-refractivity contribution is -0.720. The van der Waals surface area contributed by atoms with Crippen LogP contribution in [-0.4, -0.2) is 26.7 Å². The summed E-state index contributed by atoms with van der Waals surface area (Å²) >= 11 is 1.89. The predicted octanol–water partition coefficient (Wildman–Crippen LogP) is -1.81. The maximum absolute atomic E-state index is 11.2. The molecular formula is C11H20ClNO2S. The Labute approximate surface area is 107 Å². The first-order valence-electron chi connectivity index (χ1n) is 5.74. The lowest BCUT2D eigenvalue weighted by Crippen LogP contribution is -3.00. The summed E-state index contributed by atoms with van der Waals surface area (Å²) in [4.78, 5) is 11.4. The first kappa shape index (κ1) is 14.1. The number of quaternary nitrogens is 1. The molecule has 1 unspecified atom stereocenters. The summed E-state index contributed by atoms with van der Waals surface area (Å²) in [6.07, 6.45) is 6.17. The van der Waals surface area contributed by atoms with Gasteiger partial charge in [0.2, 0.25) is 0 Å². The second-order valence-electron chi connectivity index (χ2n) is 5.31. The number of hydrogen-bond donors (Lipinski definition) is 2. The number of aliphatic carboxylic acids is 1. The Balaban J connectivity index is 0.00000128. The van der Waals surface area contributed by atoms with Gasteiger partial charge in [-0.2, -0.15) is 0 Å². The number of thioether (sulfide) groups is 1. The summed E-state index contributed by atoms with van der Waals surface area (Å²) in [5.74, 6) is -0.657. The van der Waals surface area contributed by atoms with Crippen molar-refractivity contribution in [2.75, 3.05) is 0 Å². The second kappa shape index (κ2) is 4.75. The summed E-state index contributed by atoms with van der Waals surface area (Å²) in [6.45, 7) is 4.13. The molecule has 16 heavy (non-hydrogen) atoms. The molecule has 1 saturated heterocycles. The SMILES string of the molecule is CC1(C)SC2(CCCCC2)[NH2+]C1C(=O)O.[Cl-]. The zero-order valence-electron chi connectivity index (χ0n) is 9.83. The molecule has 1 saturated carbocycles. The van der Waals surface area contributed by atoms with E-state index in [2.05, 4.69) is 19.2 Å². The van der Waals surface area contributed by atoms with E-state index in [4.69, 9.17) is 0 Å². The van der Waals surface area contributed by atoms with E-state index in [9.17, 15) is 9.90 Å². The number of halogens is 1. The van der Waals surface area contributed by atoms with E-state index in [1.54, 1.807) is 0 Å². The van der Waals surface area contributed by atoms with Crippen LogP contribution in [0.1, 0.15) is 46.0 Å². The zero-order valence-corrected chi connectivity index (χ0v) is 11.4. The molecule has 2 aliphatic rings. The fourth-order valence-electron chi connectivity index (χ4n) is 2.91. The zero-order chi connectivity index (χ0) is 11.1. The third kappa shape index (κ3) is 2.49. The molecule has 3 nitrogen and oxygen atoms in total. The van der Waals surface area contributed by atoms with Gasteiger partial charge < -0.3 is 22.8 Å². The number of carboxylic acid groups (broad SMARTS) is 1. The summed E-state index contributed by atoms with van der Waals surface area (Å²) in [7, 11) is 0. The van der Waals surface area contributed by atoms with Crippen molar-refractivity contribution in [1.29, 1.82) is 0 Å². The largest absolute Gasteiger partial charge is 1.00 e. The lowest BCUT2D eigenvalue weighted by atomic mass is 9.93. The molecule has 2 rings (SSSR count). The summed E-state index contributed by atoms with van der Waals surface area (Å²) in [5, 5.41) is 11.3. The van der Waals surface area contributed by atoms with Crippen molar-refractivity contribution < 1.29 is 27.6 Å². The second-order valence-corrected chi connectivity index (χ2v) is 7.38. The van der Waals surface area contributed by atoms with Crippen LogP contribution in [0.5, 0.6) is 0 Å². The van der Waals surface area contributed by atoms with Crippen molar-refractivity contribution in [3.8, 4) is 0 Å². The van der Waals surface area contributed by atoms with E-state index < -0.39 is 5.97 Å². The Morgan fingerprint density at radius 1 is 1.31 bits per heavy atom. The minimum atomic E-state index is -0.657. The van der Waals surface area contributed by atoms with Crippen LogP contribution in [0.3, 0.4) is 0 Å². The molecule has 0 aromatic rings. The molecule has 0 amide bonds. The van der Waals surface area contributed by atoms with Gasteiger partial charge in [0.15, 0.2) is 6.04 Å². The fourth-order valence-corrected chi connectivity index (χ4v) is 4.95. The molecule has 1 aliphatic carbocycles. The van der Waals surface area contributed by atoms with Gasteiger partial charge in [0.05, 0.1) is 4.75 Å². The highest BCUT2D eigenvalue weighted by Gasteiger charge is 2.57. The van der Waals surface area contributed by atoms with Gasteiger partial charge in [-0.1, -0.05) is 18.2 Å². The van der Waals surface area contributed by atoms with E-state index in [0.29, 0.717) is 0 Å². The first-order valence-corrected chi connectivity index (χ1v) is 6.56. The average molecular weight is 266 g/mol. The lowest BCUT2D eigenvalue weighted by Gasteiger charge is -2.29. The van der Waals surface area contributed by atoms with Crippen molar-refractivity contribution in [2.24, 2.45) is 0 Å². The third-order valence-corrected chi connectivity index (χ3v) is 5.38. The van der Waals surface area contributed by atoms with Crippen LogP contribution in [0, 0.1) is 0 Å². The standard InChI is InChI=1S/C11H19NO2S.ClH/c1-10(2)8(9(13)14)12-11(15-10)6-4-3-5-7-11;/h8,12H,3-7H2,1-2H3,(H,13,14);1H. The Morgan fingerprint density at radius 3 is 2.31 bits per heavy atom. The van der Waals surface area contributed by atoms with Crippen LogP contribution in [0.2, 0.25) is 0 Å². The summed E-state index contributed by atoms with van der Waals surface area (Å²) in [5.41, 5.74) is 0. The minimum absolute atomic E-state index is 0. The molecule has 2 fully saturated rings. The molecule has 1 spiro atoms. The molecule has 0 aromatic heterocycles. The highest BCUT2D eigenvalue weighted by molar-refractivity contribution is 8.02. The van der Waals surface area contributed by atoms with Crippen LogP contribution >= 0.6 is 11.8 Å². The smallest absolute Gasteiger partial charge is 0.363 e. The molecular weight excluding hydrogens is 246 g/mol. The Kier molecular flexibility index (Phi) is 4.19. The van der Waals surface area contributed by atoms with Gasteiger partial charge in [-0.3, -0.25) is 0 Å². The van der Waals surface area contributed by atoms with Gasteiger partial charge in [-0.05, 0) is 26.7 Å². The van der Waals surface area contributed by atoms with Gasteiger partial charge in [-0.15, -0.1) is 0 Å². The van der Waals surface area contributed by atoms with Crippen LogP contribution in [-0.2, 0) is 4.79 Å². The maximum atomic E-state index is 11.2. The van der Waals surface area contributed by atoms with Gasteiger partial charge in [0, 0.05) is 12.8 Å². The van der Waals surface area contributed by atoms with E-state index in [1.807, 2.05) is 11.8 Å².